The third kappa shape index (κ3) is 7.02. The van der Waals surface area contributed by atoms with Crippen molar-refractivity contribution < 1.29 is 0 Å². The van der Waals surface area contributed by atoms with E-state index in [1.54, 1.807) is 0 Å². The Labute approximate surface area is 334 Å². The van der Waals surface area contributed by atoms with Crippen LogP contribution in [0.5, 0.6) is 0 Å². The van der Waals surface area contributed by atoms with Crippen molar-refractivity contribution in [3.8, 4) is 33.4 Å². The number of fused-ring (bicyclic) bond motifs is 6. The topological polar surface area (TPSA) is 62.2 Å². The van der Waals surface area contributed by atoms with E-state index in [0.29, 0.717) is 6.54 Å². The summed E-state index contributed by atoms with van der Waals surface area (Å²) in [6.07, 6.45) is 2.08. The van der Waals surface area contributed by atoms with E-state index in [0.717, 1.165) is 11.1 Å². The number of nitrogens with two attached hydrogens (primary N) is 1. The second kappa shape index (κ2) is 15.6. The van der Waals surface area contributed by atoms with E-state index in [2.05, 4.69) is 164 Å². The Morgan fingerprint density at radius 1 is 0.500 bits per heavy atom. The van der Waals surface area contributed by atoms with Crippen molar-refractivity contribution in [2.45, 2.75) is 6.54 Å². The number of hydrogen-bond donors (Lipinski definition) is 2. The zero-order valence-corrected chi connectivity index (χ0v) is 32.2. The molecule has 3 N–H and O–H groups in total. The van der Waals surface area contributed by atoms with Gasteiger partial charge in [0.2, 0.25) is 0 Å². The Morgan fingerprint density at radius 3 is 1.84 bits per heavy atom. The van der Waals surface area contributed by atoms with Gasteiger partial charge in [0, 0.05) is 63.2 Å². The lowest BCUT2D eigenvalue weighted by Gasteiger charge is -2.10. The molecule has 10 aromatic rings. The molecular weight excluding hydrogens is 719 g/mol. The Hall–Kier alpha value is -6.66. The average Bonchev–Trinajstić information content (AvgIpc) is 3.84. The number of hydrogen-bond acceptors (Lipinski definition) is 4. The number of rotatable bonds is 7. The minimum atomic E-state index is 0.121. The quantitative estimate of drug-likeness (QED) is 0.123. The number of nitrogens with one attached hydrogen (secondary N) is 1. The molecule has 0 radical (unpaired) electrons. The highest BCUT2D eigenvalue weighted by Crippen LogP contribution is 2.47. The lowest BCUT2D eigenvalue weighted by Crippen LogP contribution is -2.10. The Kier molecular flexibility index (Phi) is 9.77. The van der Waals surface area contributed by atoms with Crippen molar-refractivity contribution in [3.05, 3.63) is 205 Å². The SMILES string of the molecule is C(=NCc1ccccc1)c1ccc(-c2ccc3sc4ccccc4c3c2)c2sc3c(-c4ccccc4)cc(-c4ccccc4)cc3c12.N=C(N)c1ccccc1. The fourth-order valence-corrected chi connectivity index (χ4v) is 9.79. The van der Waals surface area contributed by atoms with Gasteiger partial charge in [-0.25, -0.2) is 0 Å². The molecular formula is C51H37N3S2. The lowest BCUT2D eigenvalue weighted by molar-refractivity contribution is 1.08. The van der Waals surface area contributed by atoms with Crippen LogP contribution in [0.25, 0.3) is 73.7 Å². The lowest BCUT2D eigenvalue weighted by atomic mass is 9.93. The number of thiophene rings is 2. The second-order valence-corrected chi connectivity index (χ2v) is 15.8. The first kappa shape index (κ1) is 35.1. The van der Waals surface area contributed by atoms with Crippen LogP contribution >= 0.6 is 22.7 Å². The van der Waals surface area contributed by atoms with Gasteiger partial charge in [0.1, 0.15) is 5.84 Å². The van der Waals surface area contributed by atoms with Gasteiger partial charge in [0.25, 0.3) is 0 Å². The summed E-state index contributed by atoms with van der Waals surface area (Å²) >= 11 is 3.77. The maximum Gasteiger partial charge on any atom is 0.122 e. The number of nitrogen functional groups attached to an aromatic ring is 1. The molecule has 10 rings (SSSR count). The molecule has 8 aromatic carbocycles. The minimum Gasteiger partial charge on any atom is -0.384 e. The molecule has 0 saturated carbocycles. The van der Waals surface area contributed by atoms with Crippen LogP contribution < -0.4 is 5.73 Å². The van der Waals surface area contributed by atoms with Gasteiger partial charge in [-0.3, -0.25) is 10.4 Å². The largest absolute Gasteiger partial charge is 0.384 e. The Morgan fingerprint density at radius 2 is 1.12 bits per heavy atom. The molecule has 2 heterocycles. The van der Waals surface area contributed by atoms with E-state index in [1.165, 1.54) is 79.3 Å². The standard InChI is InChI=1S/C44H29NS2.C7H8N2/c1-4-12-29(13-5-1)27-45-28-33-20-22-35(32-21-23-41-38(24-32)36-18-10-11-19-40(36)46-41)44-42(33)39-26-34(30-14-6-2-7-15-30)25-37(43(39)47-44)31-16-8-3-9-17-31;8-7(9)6-4-2-1-3-5-6/h1-26,28H,27H2;1-5H,(H3,8,9). The van der Waals surface area contributed by atoms with Gasteiger partial charge in [-0.15, -0.1) is 22.7 Å². The number of nitrogens with zero attached hydrogens (tertiary/aromatic N) is 1. The summed E-state index contributed by atoms with van der Waals surface area (Å²) < 4.78 is 5.26. The van der Waals surface area contributed by atoms with Crippen LogP contribution in [0.1, 0.15) is 16.7 Å². The average molecular weight is 756 g/mol. The van der Waals surface area contributed by atoms with Gasteiger partial charge in [-0.2, -0.15) is 0 Å². The van der Waals surface area contributed by atoms with Gasteiger partial charge >= 0.3 is 0 Å². The van der Waals surface area contributed by atoms with Crippen molar-refractivity contribution in [3.63, 3.8) is 0 Å². The van der Waals surface area contributed by atoms with Crippen LogP contribution in [-0.2, 0) is 6.54 Å². The summed E-state index contributed by atoms with van der Waals surface area (Å²) in [6.45, 7) is 0.651. The van der Waals surface area contributed by atoms with Crippen molar-refractivity contribution in [1.82, 2.24) is 0 Å². The molecule has 0 unspecified atom stereocenters. The van der Waals surface area contributed by atoms with E-state index < -0.39 is 0 Å². The van der Waals surface area contributed by atoms with Crippen molar-refractivity contribution in [1.29, 1.82) is 5.41 Å². The first-order valence-electron chi connectivity index (χ1n) is 18.6. The molecule has 0 aliphatic heterocycles. The highest BCUT2D eigenvalue weighted by molar-refractivity contribution is 7.27. The molecule has 0 aliphatic rings. The van der Waals surface area contributed by atoms with Gasteiger partial charge in [-0.05, 0) is 63.7 Å². The molecule has 2 aromatic heterocycles. The number of benzene rings is 8. The molecule has 0 aliphatic carbocycles. The first-order chi connectivity index (χ1) is 27.6. The number of amidine groups is 1. The molecule has 0 fully saturated rings. The minimum absolute atomic E-state index is 0.121. The maximum absolute atomic E-state index is 7.01. The van der Waals surface area contributed by atoms with E-state index in [1.807, 2.05) is 53.0 Å². The molecule has 3 nitrogen and oxygen atoms in total. The van der Waals surface area contributed by atoms with Gasteiger partial charge in [-0.1, -0.05) is 158 Å². The van der Waals surface area contributed by atoms with Crippen molar-refractivity contribution in [2.75, 3.05) is 0 Å². The maximum atomic E-state index is 7.01. The van der Waals surface area contributed by atoms with Gasteiger partial charge in [0.15, 0.2) is 0 Å². The fraction of sp³-hybridized carbons (Fsp3) is 0.0196. The van der Waals surface area contributed by atoms with E-state index in [-0.39, 0.29) is 5.84 Å². The highest BCUT2D eigenvalue weighted by Gasteiger charge is 2.19. The normalized spacial score (nSPS) is 11.4. The Bertz CT molecular complexity index is 3000. The third-order valence-electron chi connectivity index (χ3n) is 10.1. The summed E-state index contributed by atoms with van der Waals surface area (Å²) in [7, 11) is 0. The molecule has 56 heavy (non-hydrogen) atoms. The van der Waals surface area contributed by atoms with Gasteiger partial charge in [0.05, 0.1) is 6.54 Å². The third-order valence-corrected chi connectivity index (χ3v) is 12.5. The highest BCUT2D eigenvalue weighted by atomic mass is 32.1. The van der Waals surface area contributed by atoms with Crippen LogP contribution in [-0.4, -0.2) is 12.1 Å². The van der Waals surface area contributed by atoms with Crippen LogP contribution in [0, 0.1) is 5.41 Å². The molecule has 0 saturated heterocycles. The van der Waals surface area contributed by atoms with Crippen molar-refractivity contribution in [2.24, 2.45) is 10.7 Å². The first-order valence-corrected chi connectivity index (χ1v) is 20.2. The monoisotopic (exact) mass is 755 g/mol. The van der Waals surface area contributed by atoms with E-state index in [9.17, 15) is 0 Å². The fourth-order valence-electron chi connectivity index (χ4n) is 7.32. The molecule has 0 spiro atoms. The summed E-state index contributed by atoms with van der Waals surface area (Å²) in [6, 6.07) is 66.3. The summed E-state index contributed by atoms with van der Waals surface area (Å²) in [4.78, 5) is 4.96. The molecule has 0 bridgehead atoms. The molecule has 0 atom stereocenters. The summed E-state index contributed by atoms with van der Waals surface area (Å²) in [5, 5.41) is 12.2. The smallest absolute Gasteiger partial charge is 0.122 e. The molecule has 5 heteroatoms. The molecule has 0 amide bonds. The Balaban J connectivity index is 0.000000403. The predicted molar refractivity (Wildman–Crippen MR) is 244 cm³/mol. The zero-order chi connectivity index (χ0) is 37.8. The second-order valence-electron chi connectivity index (χ2n) is 13.7. The number of aliphatic imine (C=N–C) groups is 1. The van der Waals surface area contributed by atoms with Crippen LogP contribution in [0.15, 0.2) is 193 Å². The van der Waals surface area contributed by atoms with Gasteiger partial charge < -0.3 is 5.73 Å². The van der Waals surface area contributed by atoms with E-state index in [4.69, 9.17) is 16.1 Å². The molecule has 268 valence electrons. The van der Waals surface area contributed by atoms with Crippen LogP contribution in [0.3, 0.4) is 0 Å². The zero-order valence-electron chi connectivity index (χ0n) is 30.5. The van der Waals surface area contributed by atoms with Crippen LogP contribution in [0.4, 0.5) is 0 Å². The summed E-state index contributed by atoms with van der Waals surface area (Å²) in [5.41, 5.74) is 15.8. The summed E-state index contributed by atoms with van der Waals surface area (Å²) in [5.74, 6) is 0.121. The van der Waals surface area contributed by atoms with E-state index >= 15 is 0 Å². The predicted octanol–water partition coefficient (Wildman–Crippen LogP) is 14.0. The van der Waals surface area contributed by atoms with Crippen molar-refractivity contribution >= 4 is 75.1 Å². The van der Waals surface area contributed by atoms with Crippen LogP contribution in [0.2, 0.25) is 0 Å².